The van der Waals surface area contributed by atoms with E-state index in [0.29, 0.717) is 24.3 Å². The zero-order valence-electron chi connectivity index (χ0n) is 56.5. The number of likely N-dealkylation sites (N-methyl/N-ethyl adjacent to an activating group) is 1. The van der Waals surface area contributed by atoms with Crippen molar-refractivity contribution in [2.45, 2.75) is 151 Å². The molecule has 5 aliphatic heterocycles. The smallest absolute Gasteiger partial charge is 0.409 e. The van der Waals surface area contributed by atoms with Crippen LogP contribution in [0.15, 0.2) is 57.9 Å². The van der Waals surface area contributed by atoms with Crippen molar-refractivity contribution in [3.63, 3.8) is 0 Å². The number of alkyl carbamates (subject to hydrolysis) is 1. The first-order valence-corrected chi connectivity index (χ1v) is 35.6. The maximum Gasteiger partial charge on any atom is 0.409 e. The number of nitrogens with one attached hydrogen (secondary N) is 3. The zero-order chi connectivity index (χ0) is 72.3. The number of carbonyl (C=O) groups is 12. The van der Waals surface area contributed by atoms with Crippen LogP contribution in [-0.4, -0.2) is 253 Å². The van der Waals surface area contributed by atoms with E-state index < -0.39 is 137 Å². The van der Waals surface area contributed by atoms with Gasteiger partial charge in [0.15, 0.2) is 5.72 Å². The number of fused-ring (bicyclic) bond motifs is 5. The fraction of sp³-hybridized carbons (Fsp3) is 0.600. The van der Waals surface area contributed by atoms with Crippen molar-refractivity contribution in [2.75, 3.05) is 97.5 Å². The van der Waals surface area contributed by atoms with Gasteiger partial charge in [-0.2, -0.15) is 0 Å². The van der Waals surface area contributed by atoms with Gasteiger partial charge in [0.25, 0.3) is 5.91 Å². The molecule has 0 radical (unpaired) electrons. The van der Waals surface area contributed by atoms with Crippen LogP contribution in [0.1, 0.15) is 91.0 Å². The van der Waals surface area contributed by atoms with Crippen molar-refractivity contribution in [2.24, 2.45) is 5.92 Å². The third kappa shape index (κ3) is 22.0. The van der Waals surface area contributed by atoms with Crippen LogP contribution in [0, 0.1) is 5.92 Å². The first-order chi connectivity index (χ1) is 46.4. The number of methoxy groups -OCH3 is 2. The highest BCUT2D eigenvalue weighted by molar-refractivity contribution is 8.03. The highest BCUT2D eigenvalue weighted by atomic mass is 35.5. The van der Waals surface area contributed by atoms with E-state index >= 15 is 0 Å². The minimum atomic E-state index is -1.91. The van der Waals surface area contributed by atoms with Gasteiger partial charge in [0.05, 0.1) is 66.7 Å². The van der Waals surface area contributed by atoms with Gasteiger partial charge in [0.2, 0.25) is 35.4 Å². The molecule has 6 rings (SSSR count). The highest BCUT2D eigenvalue weighted by Crippen LogP contribution is 2.49. The molecule has 11 atom stereocenters. The number of piperidine rings is 1. The Kier molecular flexibility index (Phi) is 30.1. The number of halogens is 1. The molecule has 1 unspecified atom stereocenters. The van der Waals surface area contributed by atoms with E-state index in [0.717, 1.165) is 63.5 Å². The number of amides is 8. The average Bonchev–Trinajstić information content (AvgIpc) is 1.57. The summed E-state index contributed by atoms with van der Waals surface area (Å²) in [6.45, 7) is 7.17. The van der Waals surface area contributed by atoms with Gasteiger partial charge in [-0.3, -0.25) is 48.6 Å². The summed E-state index contributed by atoms with van der Waals surface area (Å²) in [6, 6.07) is 0.844. The number of hydrogen-bond acceptors (Lipinski definition) is 23. The molecule has 8 amide bonds. The molecule has 0 saturated carbocycles. The Balaban J connectivity index is 0.934. The summed E-state index contributed by atoms with van der Waals surface area (Å²) in [5.74, 6) is -7.65. The van der Waals surface area contributed by atoms with Crippen LogP contribution in [0.25, 0.3) is 0 Å². The number of carbonyl (C=O) groups excluding carboxylic acids is 10. The number of likely N-dealkylation sites (tertiary alicyclic amines) is 2. The number of Topliss-reactive ketones (excluding diaryl/α,β-unsaturated/α-hetero) is 1. The van der Waals surface area contributed by atoms with Crippen molar-refractivity contribution in [3.8, 4) is 5.75 Å². The molecule has 98 heavy (non-hydrogen) atoms. The molecular formula is C65H88ClN7O22S3. The first kappa shape index (κ1) is 79.9. The molecule has 0 aliphatic carbocycles. The molecule has 33 heteroatoms. The molecule has 4 fully saturated rings. The summed E-state index contributed by atoms with van der Waals surface area (Å²) in [5.41, 5.74) is -1.32. The summed E-state index contributed by atoms with van der Waals surface area (Å²) in [7, 11) is 5.79. The third-order valence-electron chi connectivity index (χ3n) is 17.4. The van der Waals surface area contributed by atoms with E-state index in [9.17, 15) is 72.9 Å². The molecule has 0 aromatic heterocycles. The molecular weight excluding hydrogens is 1360 g/mol. The molecule has 29 nitrogen and oxygen atoms in total. The predicted octanol–water partition coefficient (Wildman–Crippen LogP) is 3.79. The molecule has 5 heterocycles. The zero-order valence-corrected chi connectivity index (χ0v) is 59.7. The van der Waals surface area contributed by atoms with E-state index in [1.54, 1.807) is 38.1 Å². The van der Waals surface area contributed by atoms with Gasteiger partial charge in [-0.25, -0.2) is 19.2 Å². The third-order valence-corrected chi connectivity index (χ3v) is 20.5. The number of carboxylic acid groups (broad SMARTS) is 2. The molecule has 4 saturated heterocycles. The van der Waals surface area contributed by atoms with E-state index in [4.69, 9.17) is 44.8 Å². The van der Waals surface area contributed by atoms with Crippen LogP contribution >= 0.6 is 46.9 Å². The Labute approximate surface area is 586 Å². The van der Waals surface area contributed by atoms with Crippen molar-refractivity contribution >= 4 is 124 Å². The summed E-state index contributed by atoms with van der Waals surface area (Å²) in [4.78, 5) is 161. The lowest BCUT2D eigenvalue weighted by molar-refractivity contribution is -0.162. The number of carboxylic acids is 2. The minimum Gasteiger partial charge on any atom is -0.495 e. The van der Waals surface area contributed by atoms with Crippen LogP contribution < -0.4 is 25.6 Å². The second-order valence-electron chi connectivity index (χ2n) is 24.4. The number of esters is 1. The van der Waals surface area contributed by atoms with Gasteiger partial charge >= 0.3 is 24.0 Å². The van der Waals surface area contributed by atoms with E-state index in [2.05, 4.69) is 16.0 Å². The van der Waals surface area contributed by atoms with Crippen LogP contribution in [0.3, 0.4) is 0 Å². The second-order valence-corrected chi connectivity index (χ2v) is 27.8. The van der Waals surface area contributed by atoms with E-state index in [-0.39, 0.29) is 117 Å². The average molecular weight is 1450 g/mol. The number of ketones is 1. The lowest BCUT2D eigenvalue weighted by Gasteiger charge is -2.42. The summed E-state index contributed by atoms with van der Waals surface area (Å²) >= 11 is 9.71. The fourth-order valence-electron chi connectivity index (χ4n) is 11.7. The number of ether oxygens (including phenoxy) is 7. The number of thioether (sulfide) groups is 3. The number of allylic oxidation sites excluding steroid dienone is 3. The highest BCUT2D eigenvalue weighted by Gasteiger charge is 2.64. The lowest BCUT2D eigenvalue weighted by atomic mass is 9.83. The number of hydrogen-bond donors (Lipinski definition) is 6. The molecule has 0 spiro atoms. The van der Waals surface area contributed by atoms with Crippen LogP contribution in [0.2, 0.25) is 5.02 Å². The molecule has 540 valence electrons. The first-order valence-electron chi connectivity index (χ1n) is 31.7. The summed E-state index contributed by atoms with van der Waals surface area (Å²) in [5, 5.41) is 37.7. The van der Waals surface area contributed by atoms with Gasteiger partial charge in [-0.05, 0) is 70.2 Å². The van der Waals surface area contributed by atoms with Gasteiger partial charge < -0.3 is 73.8 Å². The van der Waals surface area contributed by atoms with Crippen molar-refractivity contribution in [1.29, 1.82) is 0 Å². The summed E-state index contributed by atoms with van der Waals surface area (Å²) in [6.07, 6.45) is 4.81. The maximum absolute atomic E-state index is 14.4. The van der Waals surface area contributed by atoms with E-state index in [1.807, 2.05) is 13.0 Å². The van der Waals surface area contributed by atoms with Crippen LogP contribution in [-0.2, 0) is 87.6 Å². The number of epoxide rings is 1. The number of nitrogens with zero attached hydrogens (tertiary/aromatic N) is 4. The normalized spacial score (nSPS) is 26.5. The van der Waals surface area contributed by atoms with Crippen molar-refractivity contribution in [1.82, 2.24) is 30.7 Å². The summed E-state index contributed by atoms with van der Waals surface area (Å²) < 4.78 is 40.7. The molecule has 1 aromatic rings. The second kappa shape index (κ2) is 36.9. The Morgan fingerprint density at radius 2 is 1.59 bits per heavy atom. The van der Waals surface area contributed by atoms with Crippen LogP contribution in [0.5, 0.6) is 5.75 Å². The Hall–Kier alpha value is -7.04. The molecule has 5 aliphatic rings. The van der Waals surface area contributed by atoms with Crippen LogP contribution in [0.4, 0.5) is 10.5 Å². The van der Waals surface area contributed by atoms with Gasteiger partial charge in [-0.15, -0.1) is 35.3 Å². The number of aliphatic carboxylic acids is 2. The number of imide groups is 1. The minimum absolute atomic E-state index is 0.00132. The number of rotatable bonds is 30. The quantitative estimate of drug-likeness (QED) is 0.0210. The number of benzene rings is 1. The largest absolute Gasteiger partial charge is 0.495 e. The Bertz CT molecular complexity index is 3300. The maximum atomic E-state index is 14.4. The van der Waals surface area contributed by atoms with Gasteiger partial charge in [0, 0.05) is 115 Å². The van der Waals surface area contributed by atoms with Gasteiger partial charge in [0.1, 0.15) is 46.5 Å². The van der Waals surface area contributed by atoms with Crippen molar-refractivity contribution in [3.05, 3.63) is 68.5 Å². The molecule has 6 N–H and O–H groups in total. The Morgan fingerprint density at radius 3 is 2.24 bits per heavy atom. The number of aliphatic hydroxyl groups is 1. The molecule has 4 bridgehead atoms. The topological polar surface area (TPSA) is 382 Å². The van der Waals surface area contributed by atoms with Crippen molar-refractivity contribution < 1.29 is 106 Å². The standard InChI is InChI=1S/C65H88ClN7O22S3/c1-36-13-11-15-49(90-8)65(88)33-45(93-63(87)69-65)37(2)58-64(4,95-58)50(32-54(78)71(6)43-26-39(25-36)27-44(89-7)57(43)66)94-62(86)38(3)70(5)52(76)18-24-98-47-30-55(79)73(60(47)83)19-21-92-23-22-91-20-12-14-42(74)16-17-53(77)72-34-40(67-51(75)29-48(97-10)61(84)85)28-41(35-72)68-59(82)46(96-9)31-56(80)81/h11,13,15,26-27,29,31,37-38,40-41,45,47,49-50,58,88H,12,14,16-25,28,30,32-35H2,1-10H3,(H,67,75)(H,68,82)(H,69,87)(H,80,81)(H,84,85)/b15-11+,36-13+,46-31+,48-29+/t37-,38+,40-,41+,45+,47?,49-,50+,58+,64+,65+/m1/s1. The SMILES string of the molecule is COc1cc2cc(c1Cl)N(C)C(=O)C[C@H](OC(=O)[C@H](C)N(C)C(=O)CCSC1CC(=O)N(CCOCCOCCCC(=O)CCC(=O)N3C[C@H](NC(=O)/C=C(/SC)C(=O)O)C[C@H](NC(=O)/C(=C\C(=O)O)SC)C3)C1=O)[C@]1(C)O[C@H]1[C@H](C)[C@@H]1C[C@@](O)(NC(=O)O1)[C@H](OC)/C=C/C=C(\C)C2. The lowest BCUT2D eigenvalue weighted by Crippen LogP contribution is -2.63. The van der Waals surface area contributed by atoms with E-state index in [1.165, 1.54) is 62.4 Å². The predicted molar refractivity (Wildman–Crippen MR) is 362 cm³/mol. The molecule has 1 aromatic carbocycles. The van der Waals surface area contributed by atoms with Gasteiger partial charge in [-0.1, -0.05) is 42.3 Å². The monoisotopic (exact) mass is 1450 g/mol. The number of anilines is 1. The fourth-order valence-corrected chi connectivity index (χ4v) is 14.0. The Morgan fingerprint density at radius 1 is 0.908 bits per heavy atom.